The Morgan fingerprint density at radius 2 is 1.96 bits per heavy atom. The Labute approximate surface area is 148 Å². The van der Waals surface area contributed by atoms with E-state index < -0.39 is 36.4 Å². The monoisotopic (exact) mass is 375 g/mol. The molecule has 1 unspecified atom stereocenters. The molecule has 0 aliphatic carbocycles. The van der Waals surface area contributed by atoms with Crippen LogP contribution in [0.15, 0.2) is 18.2 Å². The number of rotatable bonds is 5. The van der Waals surface area contributed by atoms with Crippen molar-refractivity contribution in [2.75, 3.05) is 20.2 Å². The Balaban J connectivity index is 2.34. The highest BCUT2D eigenvalue weighted by Gasteiger charge is 2.64. The molecular weight excluding hydrogens is 355 g/mol. The Morgan fingerprint density at radius 1 is 1.31 bits per heavy atom. The zero-order chi connectivity index (χ0) is 19.7. The minimum Gasteiger partial charge on any atom is -0.497 e. The van der Waals surface area contributed by atoms with Gasteiger partial charge in [-0.15, -0.1) is 0 Å². The van der Waals surface area contributed by atoms with Gasteiger partial charge in [-0.3, -0.25) is 9.59 Å². The summed E-state index contributed by atoms with van der Waals surface area (Å²) in [6.45, 7) is 2.24. The fourth-order valence-electron chi connectivity index (χ4n) is 2.84. The highest BCUT2D eigenvalue weighted by Crippen LogP contribution is 2.46. The number of benzene rings is 1. The van der Waals surface area contributed by atoms with Crippen LogP contribution in [0.1, 0.15) is 30.6 Å². The molecule has 1 saturated heterocycles. The standard InChI is InChI=1S/C17H20F3NO5/c1-10(2)26-13-8-11(25-3)4-5-12(13)14(22)21-7-6-16(9-21,15(23)24)17(18,19)20/h4-5,8,10H,6-7,9H2,1-3H3,(H,23,24). The summed E-state index contributed by atoms with van der Waals surface area (Å²) < 4.78 is 50.5. The average Bonchev–Trinajstić information content (AvgIpc) is 3.00. The van der Waals surface area contributed by atoms with Crippen LogP contribution in [-0.2, 0) is 4.79 Å². The van der Waals surface area contributed by atoms with Crippen molar-refractivity contribution >= 4 is 11.9 Å². The Morgan fingerprint density at radius 3 is 2.42 bits per heavy atom. The van der Waals surface area contributed by atoms with Gasteiger partial charge in [0.15, 0.2) is 5.41 Å². The van der Waals surface area contributed by atoms with Crippen LogP contribution in [0.3, 0.4) is 0 Å². The molecule has 0 radical (unpaired) electrons. The Bertz CT molecular complexity index is 704. The predicted molar refractivity (Wildman–Crippen MR) is 85.4 cm³/mol. The number of likely N-dealkylation sites (tertiary alicyclic amines) is 1. The number of carbonyl (C=O) groups excluding carboxylic acids is 1. The summed E-state index contributed by atoms with van der Waals surface area (Å²) in [6.07, 6.45) is -5.92. The first-order valence-corrected chi connectivity index (χ1v) is 7.96. The van der Waals surface area contributed by atoms with Gasteiger partial charge < -0.3 is 19.5 Å². The molecule has 1 fully saturated rings. The van der Waals surface area contributed by atoms with Gasteiger partial charge in [0.05, 0.1) is 18.8 Å². The molecule has 1 aliphatic heterocycles. The number of methoxy groups -OCH3 is 1. The minimum atomic E-state index is -4.95. The van der Waals surface area contributed by atoms with E-state index in [-0.39, 0.29) is 24.0 Å². The van der Waals surface area contributed by atoms with Crippen molar-refractivity contribution in [3.05, 3.63) is 23.8 Å². The van der Waals surface area contributed by atoms with Gasteiger partial charge in [-0.05, 0) is 32.4 Å². The van der Waals surface area contributed by atoms with E-state index in [1.807, 2.05) is 0 Å². The van der Waals surface area contributed by atoms with Gasteiger partial charge in [-0.1, -0.05) is 0 Å². The fraction of sp³-hybridized carbons (Fsp3) is 0.529. The third-order valence-electron chi connectivity index (χ3n) is 4.29. The lowest BCUT2D eigenvalue weighted by Crippen LogP contribution is -2.47. The number of carboxylic acid groups (broad SMARTS) is 1. The van der Waals surface area contributed by atoms with Gasteiger partial charge >= 0.3 is 12.1 Å². The van der Waals surface area contributed by atoms with Crippen molar-refractivity contribution in [1.29, 1.82) is 0 Å². The van der Waals surface area contributed by atoms with E-state index in [9.17, 15) is 22.8 Å². The highest BCUT2D eigenvalue weighted by molar-refractivity contribution is 5.98. The van der Waals surface area contributed by atoms with E-state index in [1.165, 1.54) is 25.3 Å². The molecule has 1 aromatic carbocycles. The number of amides is 1. The number of ether oxygens (including phenoxy) is 2. The van der Waals surface area contributed by atoms with Gasteiger partial charge in [0.25, 0.3) is 5.91 Å². The molecule has 1 heterocycles. The minimum absolute atomic E-state index is 0.0582. The van der Waals surface area contributed by atoms with Gasteiger partial charge in [-0.2, -0.15) is 13.2 Å². The quantitative estimate of drug-likeness (QED) is 0.856. The summed E-state index contributed by atoms with van der Waals surface area (Å²) in [5.74, 6) is -2.10. The lowest BCUT2D eigenvalue weighted by molar-refractivity contribution is -0.227. The molecular formula is C17H20F3NO5. The van der Waals surface area contributed by atoms with Crippen molar-refractivity contribution in [3.8, 4) is 11.5 Å². The van der Waals surface area contributed by atoms with Gasteiger partial charge in [-0.25, -0.2) is 0 Å². The summed E-state index contributed by atoms with van der Waals surface area (Å²) in [5.41, 5.74) is -2.89. The highest BCUT2D eigenvalue weighted by atomic mass is 19.4. The number of alkyl halides is 3. The summed E-state index contributed by atoms with van der Waals surface area (Å²) >= 11 is 0. The second-order valence-corrected chi connectivity index (χ2v) is 6.39. The first-order valence-electron chi connectivity index (χ1n) is 7.96. The maximum Gasteiger partial charge on any atom is 0.406 e. The summed E-state index contributed by atoms with van der Waals surface area (Å²) in [4.78, 5) is 24.9. The maximum atomic E-state index is 13.3. The van der Waals surface area contributed by atoms with E-state index in [4.69, 9.17) is 14.6 Å². The molecule has 0 saturated carbocycles. The zero-order valence-corrected chi connectivity index (χ0v) is 14.6. The van der Waals surface area contributed by atoms with Crippen molar-refractivity contribution in [2.45, 2.75) is 32.5 Å². The van der Waals surface area contributed by atoms with E-state index in [1.54, 1.807) is 13.8 Å². The first kappa shape index (κ1) is 19.9. The summed E-state index contributed by atoms with van der Waals surface area (Å²) in [5, 5.41) is 9.11. The third kappa shape index (κ3) is 3.56. The molecule has 1 N–H and O–H groups in total. The maximum absolute atomic E-state index is 13.3. The topological polar surface area (TPSA) is 76.1 Å². The van der Waals surface area contributed by atoms with Crippen LogP contribution in [-0.4, -0.2) is 54.4 Å². The second-order valence-electron chi connectivity index (χ2n) is 6.39. The van der Waals surface area contributed by atoms with Crippen LogP contribution in [0.5, 0.6) is 11.5 Å². The first-order chi connectivity index (χ1) is 12.0. The summed E-state index contributed by atoms with van der Waals surface area (Å²) in [7, 11) is 1.43. The Hall–Kier alpha value is -2.45. The normalized spacial score (nSPS) is 20.3. The number of hydrogen-bond donors (Lipinski definition) is 1. The van der Waals surface area contributed by atoms with Gasteiger partial charge in [0.1, 0.15) is 11.5 Å². The molecule has 1 amide bonds. The van der Waals surface area contributed by atoms with Crippen LogP contribution in [0, 0.1) is 5.41 Å². The molecule has 26 heavy (non-hydrogen) atoms. The Kier molecular flexibility index (Phi) is 5.39. The van der Waals surface area contributed by atoms with Crippen molar-refractivity contribution in [1.82, 2.24) is 4.90 Å². The fourth-order valence-corrected chi connectivity index (χ4v) is 2.84. The van der Waals surface area contributed by atoms with E-state index >= 15 is 0 Å². The zero-order valence-electron chi connectivity index (χ0n) is 14.6. The van der Waals surface area contributed by atoms with E-state index in [0.717, 1.165) is 4.90 Å². The largest absolute Gasteiger partial charge is 0.497 e. The summed E-state index contributed by atoms with van der Waals surface area (Å²) in [6, 6.07) is 4.36. The molecule has 144 valence electrons. The molecule has 2 rings (SSSR count). The predicted octanol–water partition coefficient (Wildman–Crippen LogP) is 2.96. The van der Waals surface area contributed by atoms with Crippen LogP contribution in [0.4, 0.5) is 13.2 Å². The number of nitrogens with zero attached hydrogens (tertiary/aromatic N) is 1. The molecule has 0 aromatic heterocycles. The number of carbonyl (C=O) groups is 2. The second kappa shape index (κ2) is 7.05. The van der Waals surface area contributed by atoms with Crippen molar-refractivity contribution in [2.24, 2.45) is 5.41 Å². The third-order valence-corrected chi connectivity index (χ3v) is 4.29. The number of aliphatic carboxylic acids is 1. The smallest absolute Gasteiger partial charge is 0.406 e. The number of hydrogen-bond acceptors (Lipinski definition) is 4. The number of halogens is 3. The van der Waals surface area contributed by atoms with Crippen LogP contribution < -0.4 is 9.47 Å². The van der Waals surface area contributed by atoms with Gasteiger partial charge in [0.2, 0.25) is 0 Å². The molecule has 1 atom stereocenters. The lowest BCUT2D eigenvalue weighted by atomic mass is 9.86. The molecule has 6 nitrogen and oxygen atoms in total. The van der Waals surface area contributed by atoms with Crippen molar-refractivity contribution in [3.63, 3.8) is 0 Å². The number of carboxylic acids is 1. The van der Waals surface area contributed by atoms with Gasteiger partial charge in [0, 0.05) is 19.2 Å². The SMILES string of the molecule is COc1ccc(C(=O)N2CCC(C(=O)O)(C(F)(F)F)C2)c(OC(C)C)c1. The van der Waals surface area contributed by atoms with E-state index in [2.05, 4.69) is 0 Å². The van der Waals surface area contributed by atoms with Crippen molar-refractivity contribution < 1.29 is 37.3 Å². The molecule has 0 bridgehead atoms. The molecule has 1 aromatic rings. The molecule has 0 spiro atoms. The van der Waals surface area contributed by atoms with Crippen LogP contribution >= 0.6 is 0 Å². The molecule has 9 heteroatoms. The lowest BCUT2D eigenvalue weighted by Gasteiger charge is -2.27. The van der Waals surface area contributed by atoms with Crippen LogP contribution in [0.25, 0.3) is 0 Å². The van der Waals surface area contributed by atoms with Crippen LogP contribution in [0.2, 0.25) is 0 Å². The molecule has 1 aliphatic rings. The van der Waals surface area contributed by atoms with E-state index in [0.29, 0.717) is 5.75 Å². The average molecular weight is 375 g/mol.